The predicted octanol–water partition coefficient (Wildman–Crippen LogP) is 5.31. The Kier molecular flexibility index (Phi) is 4.18. The number of fused-ring (bicyclic) bond motifs is 2. The van der Waals surface area contributed by atoms with Crippen LogP contribution < -0.4 is 0 Å². The minimum atomic E-state index is -0.363. The maximum Gasteiger partial charge on any atom is 0.271 e. The van der Waals surface area contributed by atoms with Crippen molar-refractivity contribution in [3.05, 3.63) is 77.4 Å². The zero-order valence-corrected chi connectivity index (χ0v) is 16.6. The fourth-order valence-corrected chi connectivity index (χ4v) is 4.22. The van der Waals surface area contributed by atoms with Gasteiger partial charge in [0.2, 0.25) is 0 Å². The van der Waals surface area contributed by atoms with Crippen LogP contribution >= 0.6 is 0 Å². The number of nitro groups is 1. The van der Waals surface area contributed by atoms with E-state index in [4.69, 9.17) is 4.74 Å². The van der Waals surface area contributed by atoms with Gasteiger partial charge in [-0.3, -0.25) is 10.1 Å². The number of hydrogen-bond acceptors (Lipinski definition) is 3. The number of H-pyrrole nitrogens is 1. The van der Waals surface area contributed by atoms with Gasteiger partial charge in [0.15, 0.2) is 0 Å². The van der Waals surface area contributed by atoms with E-state index >= 15 is 0 Å². The largest absolute Gasteiger partial charge is 0.366 e. The van der Waals surface area contributed by atoms with E-state index in [0.717, 1.165) is 44.1 Å². The Labute approximate surface area is 172 Å². The monoisotopic (exact) mass is 400 g/mol. The Bertz CT molecular complexity index is 1410. The number of para-hydroxylation sites is 1. The number of aryl methyl sites for hydroxylation is 1. The van der Waals surface area contributed by atoms with Crippen molar-refractivity contribution in [1.82, 2.24) is 14.1 Å². The lowest BCUT2D eigenvalue weighted by atomic mass is 9.98. The van der Waals surface area contributed by atoms with Crippen LogP contribution in [0.3, 0.4) is 0 Å². The number of nitrogens with one attached hydrogen (secondary N) is 1. The molecule has 0 fully saturated rings. The van der Waals surface area contributed by atoms with E-state index < -0.39 is 0 Å². The molecule has 150 valence electrons. The van der Waals surface area contributed by atoms with Crippen LogP contribution in [0.5, 0.6) is 0 Å². The second kappa shape index (κ2) is 6.89. The number of aromatic nitrogens is 3. The summed E-state index contributed by atoms with van der Waals surface area (Å²) >= 11 is 0. The van der Waals surface area contributed by atoms with Crippen LogP contribution in [0, 0.1) is 10.1 Å². The Balaban J connectivity index is 1.72. The van der Waals surface area contributed by atoms with Crippen molar-refractivity contribution >= 4 is 27.5 Å². The van der Waals surface area contributed by atoms with Crippen LogP contribution in [0.15, 0.2) is 67.3 Å². The van der Waals surface area contributed by atoms with Crippen molar-refractivity contribution < 1.29 is 9.66 Å². The number of nitro benzene ring substituents is 1. The average Bonchev–Trinajstić information content (AvgIpc) is 3.44. The Hall–Kier alpha value is -3.84. The molecule has 0 aliphatic rings. The number of rotatable bonds is 5. The Morgan fingerprint density at radius 2 is 1.67 bits per heavy atom. The van der Waals surface area contributed by atoms with Crippen LogP contribution in [0.25, 0.3) is 44.1 Å². The predicted molar refractivity (Wildman–Crippen MR) is 117 cm³/mol. The Morgan fingerprint density at radius 3 is 2.40 bits per heavy atom. The number of hydrogen-bond donors (Lipinski definition) is 1. The Morgan fingerprint density at radius 1 is 0.967 bits per heavy atom. The topological polar surface area (TPSA) is 78.0 Å². The molecule has 0 unspecified atom stereocenters. The molecule has 0 spiro atoms. The molecular formula is C23H20N4O3. The molecule has 1 N–H and O–H groups in total. The van der Waals surface area contributed by atoms with E-state index in [2.05, 4.69) is 27.9 Å². The van der Waals surface area contributed by atoms with Crippen LogP contribution in [-0.2, 0) is 18.5 Å². The first-order valence-corrected chi connectivity index (χ1v) is 9.56. The molecule has 2 aromatic carbocycles. The van der Waals surface area contributed by atoms with Crippen molar-refractivity contribution in [1.29, 1.82) is 0 Å². The van der Waals surface area contributed by atoms with Gasteiger partial charge < -0.3 is 18.9 Å². The number of ether oxygens (including phenoxy) is 1. The molecule has 0 saturated carbocycles. The summed E-state index contributed by atoms with van der Waals surface area (Å²) in [6.07, 6.45) is 8.11. The SMILES string of the molecule is COCn1cc(-c2c[nH]cc2-c2cn(C)c3cc([N+](=O)[O-])ccc23)c2ccccc21. The molecule has 3 aromatic heterocycles. The van der Waals surface area contributed by atoms with Crippen LogP contribution in [-0.4, -0.2) is 26.2 Å². The van der Waals surface area contributed by atoms with Crippen LogP contribution in [0.4, 0.5) is 5.69 Å². The van der Waals surface area contributed by atoms with E-state index in [1.54, 1.807) is 19.2 Å². The number of methoxy groups -OCH3 is 1. The van der Waals surface area contributed by atoms with Gasteiger partial charge in [0.05, 0.1) is 16.0 Å². The third-order valence-electron chi connectivity index (χ3n) is 5.57. The number of aromatic amines is 1. The van der Waals surface area contributed by atoms with Crippen molar-refractivity contribution in [3.63, 3.8) is 0 Å². The summed E-state index contributed by atoms with van der Waals surface area (Å²) in [5.74, 6) is 0. The average molecular weight is 400 g/mol. The van der Waals surface area contributed by atoms with E-state index in [9.17, 15) is 10.1 Å². The van der Waals surface area contributed by atoms with Gasteiger partial charge in [-0.05, 0) is 12.1 Å². The maximum absolute atomic E-state index is 11.2. The maximum atomic E-state index is 11.2. The lowest BCUT2D eigenvalue weighted by molar-refractivity contribution is -0.384. The first-order valence-electron chi connectivity index (χ1n) is 9.56. The van der Waals surface area contributed by atoms with E-state index in [0.29, 0.717) is 6.73 Å². The summed E-state index contributed by atoms with van der Waals surface area (Å²) in [5, 5.41) is 13.3. The van der Waals surface area contributed by atoms with Gasteiger partial charge in [0.25, 0.3) is 5.69 Å². The highest BCUT2D eigenvalue weighted by Gasteiger charge is 2.19. The number of benzene rings is 2. The normalized spacial score (nSPS) is 11.5. The zero-order chi connectivity index (χ0) is 20.8. The van der Waals surface area contributed by atoms with Gasteiger partial charge in [0.1, 0.15) is 6.73 Å². The highest BCUT2D eigenvalue weighted by Crippen LogP contribution is 2.40. The number of nitrogens with zero attached hydrogens (tertiary/aromatic N) is 3. The summed E-state index contributed by atoms with van der Waals surface area (Å²) in [6, 6.07) is 13.3. The third kappa shape index (κ3) is 2.71. The molecule has 0 atom stereocenters. The smallest absolute Gasteiger partial charge is 0.271 e. The van der Waals surface area contributed by atoms with Gasteiger partial charge in [0, 0.05) is 84.1 Å². The molecule has 7 nitrogen and oxygen atoms in total. The standard InChI is InChI=1S/C23H20N4O3/c1-25-12-20(17-8-7-15(27(28)29)9-23(17)25)18-10-24-11-19(18)21-13-26(14-30-2)22-6-4-3-5-16(21)22/h3-13,24H,14H2,1-2H3. The second-order valence-electron chi connectivity index (χ2n) is 7.34. The molecule has 0 saturated heterocycles. The van der Waals surface area contributed by atoms with Gasteiger partial charge in [-0.25, -0.2) is 0 Å². The van der Waals surface area contributed by atoms with Crippen LogP contribution in [0.2, 0.25) is 0 Å². The molecule has 30 heavy (non-hydrogen) atoms. The van der Waals surface area contributed by atoms with Crippen molar-refractivity contribution in [2.45, 2.75) is 6.73 Å². The first-order chi connectivity index (χ1) is 14.6. The number of non-ortho nitro benzene ring substituents is 1. The fourth-order valence-electron chi connectivity index (χ4n) is 4.22. The molecule has 0 bridgehead atoms. The quantitative estimate of drug-likeness (QED) is 0.321. The van der Waals surface area contributed by atoms with Crippen LogP contribution in [0.1, 0.15) is 0 Å². The van der Waals surface area contributed by atoms with Crippen molar-refractivity contribution in [3.8, 4) is 22.3 Å². The minimum Gasteiger partial charge on any atom is -0.366 e. The molecule has 0 aliphatic carbocycles. The van der Waals surface area contributed by atoms with E-state index in [-0.39, 0.29) is 10.6 Å². The highest BCUT2D eigenvalue weighted by molar-refractivity contribution is 6.05. The summed E-state index contributed by atoms with van der Waals surface area (Å²) in [6.45, 7) is 0.470. The van der Waals surface area contributed by atoms with Crippen molar-refractivity contribution in [2.24, 2.45) is 7.05 Å². The first kappa shape index (κ1) is 18.2. The van der Waals surface area contributed by atoms with Gasteiger partial charge >= 0.3 is 0 Å². The van der Waals surface area contributed by atoms with Crippen molar-refractivity contribution in [2.75, 3.05) is 7.11 Å². The van der Waals surface area contributed by atoms with Gasteiger partial charge in [-0.1, -0.05) is 18.2 Å². The second-order valence-corrected chi connectivity index (χ2v) is 7.34. The molecule has 0 radical (unpaired) electrons. The minimum absolute atomic E-state index is 0.0900. The summed E-state index contributed by atoms with van der Waals surface area (Å²) in [7, 11) is 3.60. The van der Waals surface area contributed by atoms with E-state index in [1.807, 2.05) is 48.4 Å². The lowest BCUT2D eigenvalue weighted by Crippen LogP contribution is -1.96. The zero-order valence-electron chi connectivity index (χ0n) is 16.6. The fraction of sp³-hybridized carbons (Fsp3) is 0.130. The third-order valence-corrected chi connectivity index (χ3v) is 5.57. The van der Waals surface area contributed by atoms with Gasteiger partial charge in [-0.2, -0.15) is 0 Å². The molecule has 0 aliphatic heterocycles. The summed E-state index contributed by atoms with van der Waals surface area (Å²) in [5.41, 5.74) is 6.29. The summed E-state index contributed by atoms with van der Waals surface area (Å²) in [4.78, 5) is 14.1. The molecule has 5 aromatic rings. The molecular weight excluding hydrogens is 380 g/mol. The molecule has 5 rings (SSSR count). The molecule has 3 heterocycles. The molecule has 0 amide bonds. The highest BCUT2D eigenvalue weighted by atomic mass is 16.6. The van der Waals surface area contributed by atoms with E-state index in [1.165, 1.54) is 0 Å². The molecule has 7 heteroatoms. The van der Waals surface area contributed by atoms with Gasteiger partial charge in [-0.15, -0.1) is 0 Å². The lowest BCUT2D eigenvalue weighted by Gasteiger charge is -2.03. The summed E-state index contributed by atoms with van der Waals surface area (Å²) < 4.78 is 9.39.